The molecule has 2 fully saturated rings. The molecule has 2 aliphatic rings. The van der Waals surface area contributed by atoms with Crippen LogP contribution in [0.15, 0.2) is 24.3 Å². The molecule has 0 aliphatic heterocycles. The van der Waals surface area contributed by atoms with Gasteiger partial charge in [0.25, 0.3) is 6.17 Å². The second-order valence-electron chi connectivity index (χ2n) is 9.53. The lowest BCUT2D eigenvalue weighted by molar-refractivity contribution is -0.305. The van der Waals surface area contributed by atoms with Crippen LogP contribution in [0.5, 0.6) is 5.75 Å². The Hall–Kier alpha value is -1.77. The SMILES string of the molecule is COCC1CCC(C2CCC(/C=C/c3ccc(OC(F)(F)C(F)C(F)(F)F)c(F)c3)CC2)CC1. The van der Waals surface area contributed by atoms with Crippen LogP contribution in [-0.2, 0) is 4.74 Å². The Morgan fingerprint density at radius 2 is 1.53 bits per heavy atom. The van der Waals surface area contributed by atoms with Crippen molar-refractivity contribution in [3.8, 4) is 5.75 Å². The average molecular weight is 497 g/mol. The van der Waals surface area contributed by atoms with Gasteiger partial charge >= 0.3 is 12.3 Å². The predicted octanol–water partition coefficient (Wildman–Crippen LogP) is 7.97. The summed E-state index contributed by atoms with van der Waals surface area (Å²) in [6.07, 6.45) is -2.77. The Labute approximate surface area is 195 Å². The zero-order valence-electron chi connectivity index (χ0n) is 19.1. The van der Waals surface area contributed by atoms with Gasteiger partial charge in [-0.05, 0) is 92.7 Å². The average Bonchev–Trinajstić information content (AvgIpc) is 2.79. The summed E-state index contributed by atoms with van der Waals surface area (Å²) in [6, 6.07) is 2.91. The number of alkyl halides is 6. The molecule has 9 heteroatoms. The number of halogens is 7. The van der Waals surface area contributed by atoms with Crippen molar-refractivity contribution in [1.82, 2.24) is 0 Å². The highest BCUT2D eigenvalue weighted by atomic mass is 19.4. The summed E-state index contributed by atoms with van der Waals surface area (Å²) in [4.78, 5) is 0. The smallest absolute Gasteiger partial charge is 0.427 e. The van der Waals surface area contributed by atoms with Crippen LogP contribution < -0.4 is 4.74 Å². The number of methoxy groups -OCH3 is 1. The van der Waals surface area contributed by atoms with Crippen molar-refractivity contribution >= 4 is 6.08 Å². The fourth-order valence-electron chi connectivity index (χ4n) is 5.21. The van der Waals surface area contributed by atoms with Gasteiger partial charge in [0.1, 0.15) is 0 Å². The minimum absolute atomic E-state index is 0.323. The van der Waals surface area contributed by atoms with E-state index in [9.17, 15) is 30.7 Å². The zero-order valence-corrected chi connectivity index (χ0v) is 19.1. The molecule has 0 aromatic heterocycles. The molecular weight excluding hydrogens is 465 g/mol. The molecule has 0 N–H and O–H groups in total. The highest BCUT2D eigenvalue weighted by Gasteiger charge is 2.59. The first-order chi connectivity index (χ1) is 16.0. The van der Waals surface area contributed by atoms with Crippen molar-refractivity contribution in [1.29, 1.82) is 0 Å². The summed E-state index contributed by atoms with van der Waals surface area (Å²) >= 11 is 0. The number of ether oxygens (including phenoxy) is 2. The number of rotatable bonds is 8. The van der Waals surface area contributed by atoms with Crippen LogP contribution in [-0.4, -0.2) is 32.2 Å². The van der Waals surface area contributed by atoms with Crippen molar-refractivity contribution in [2.75, 3.05) is 13.7 Å². The summed E-state index contributed by atoms with van der Waals surface area (Å²) in [5.41, 5.74) is 0.361. The fourth-order valence-corrected chi connectivity index (χ4v) is 5.21. The van der Waals surface area contributed by atoms with E-state index < -0.39 is 30.0 Å². The monoisotopic (exact) mass is 496 g/mol. The van der Waals surface area contributed by atoms with E-state index >= 15 is 0 Å². The van der Waals surface area contributed by atoms with E-state index in [1.807, 2.05) is 6.08 Å². The van der Waals surface area contributed by atoms with Crippen molar-refractivity contribution in [3.63, 3.8) is 0 Å². The van der Waals surface area contributed by atoms with Crippen LogP contribution in [0.2, 0.25) is 0 Å². The van der Waals surface area contributed by atoms with Gasteiger partial charge in [0.05, 0.1) is 0 Å². The van der Waals surface area contributed by atoms with Crippen LogP contribution in [0.1, 0.15) is 56.9 Å². The zero-order chi connectivity index (χ0) is 24.9. The number of benzene rings is 1. The van der Waals surface area contributed by atoms with Crippen LogP contribution in [0.25, 0.3) is 6.08 Å². The van der Waals surface area contributed by atoms with E-state index in [4.69, 9.17) is 4.74 Å². The van der Waals surface area contributed by atoms with Gasteiger partial charge in [-0.2, -0.15) is 22.0 Å². The van der Waals surface area contributed by atoms with Gasteiger partial charge in [-0.15, -0.1) is 0 Å². The Kier molecular flexibility index (Phi) is 8.93. The first-order valence-electron chi connectivity index (χ1n) is 11.7. The maximum Gasteiger partial charge on any atom is 0.439 e. The fraction of sp³-hybridized carbons (Fsp3) is 0.680. The van der Waals surface area contributed by atoms with Crippen LogP contribution in [0.4, 0.5) is 30.7 Å². The van der Waals surface area contributed by atoms with Crippen LogP contribution >= 0.6 is 0 Å². The second-order valence-corrected chi connectivity index (χ2v) is 9.53. The molecular formula is C25H31F7O2. The van der Waals surface area contributed by atoms with Crippen molar-refractivity contribution in [2.24, 2.45) is 23.7 Å². The highest BCUT2D eigenvalue weighted by molar-refractivity contribution is 5.51. The molecule has 0 radical (unpaired) electrons. The second kappa shape index (κ2) is 11.3. The molecule has 192 valence electrons. The van der Waals surface area contributed by atoms with E-state index in [0.29, 0.717) is 17.4 Å². The minimum Gasteiger partial charge on any atom is -0.427 e. The number of allylic oxidation sites excluding steroid dienone is 1. The van der Waals surface area contributed by atoms with Gasteiger partial charge in [0.2, 0.25) is 0 Å². The lowest BCUT2D eigenvalue weighted by Gasteiger charge is -2.37. The predicted molar refractivity (Wildman–Crippen MR) is 115 cm³/mol. The molecule has 1 aromatic carbocycles. The van der Waals surface area contributed by atoms with Crippen molar-refractivity contribution < 1.29 is 40.2 Å². The summed E-state index contributed by atoms with van der Waals surface area (Å²) in [7, 11) is 1.75. The first-order valence-corrected chi connectivity index (χ1v) is 11.7. The molecule has 2 aliphatic carbocycles. The van der Waals surface area contributed by atoms with Gasteiger partial charge in [-0.3, -0.25) is 0 Å². The quantitative estimate of drug-likeness (QED) is 0.340. The Balaban J connectivity index is 1.50. The van der Waals surface area contributed by atoms with Crippen molar-refractivity contribution in [3.05, 3.63) is 35.7 Å². The van der Waals surface area contributed by atoms with Crippen LogP contribution in [0.3, 0.4) is 0 Å². The van der Waals surface area contributed by atoms with Crippen LogP contribution in [0, 0.1) is 29.5 Å². The van der Waals surface area contributed by atoms with Gasteiger partial charge < -0.3 is 9.47 Å². The first kappa shape index (κ1) is 26.8. The molecule has 0 saturated heterocycles. The Morgan fingerprint density at radius 3 is 2.06 bits per heavy atom. The Bertz CT molecular complexity index is 808. The summed E-state index contributed by atoms with van der Waals surface area (Å²) in [5.74, 6) is 0.0491. The summed E-state index contributed by atoms with van der Waals surface area (Å²) in [6.45, 7) is 0.838. The maximum absolute atomic E-state index is 14.1. The third-order valence-electron chi connectivity index (χ3n) is 7.12. The molecule has 0 bridgehead atoms. The normalized spacial score (nSPS) is 27.6. The van der Waals surface area contributed by atoms with E-state index in [1.165, 1.54) is 31.7 Å². The summed E-state index contributed by atoms with van der Waals surface area (Å²) < 4.78 is 99.5. The molecule has 3 rings (SSSR count). The molecule has 0 heterocycles. The highest BCUT2D eigenvalue weighted by Crippen LogP contribution is 2.42. The Morgan fingerprint density at radius 1 is 0.941 bits per heavy atom. The van der Waals surface area contributed by atoms with E-state index in [1.54, 1.807) is 13.2 Å². The maximum atomic E-state index is 14.1. The molecule has 0 spiro atoms. The largest absolute Gasteiger partial charge is 0.439 e. The minimum atomic E-state index is -5.83. The lowest BCUT2D eigenvalue weighted by atomic mass is 9.69. The molecule has 1 unspecified atom stereocenters. The van der Waals surface area contributed by atoms with Crippen molar-refractivity contribution in [2.45, 2.75) is 69.8 Å². The number of hydrogen-bond acceptors (Lipinski definition) is 2. The van der Waals surface area contributed by atoms with Gasteiger partial charge in [-0.25, -0.2) is 8.78 Å². The van der Waals surface area contributed by atoms with Gasteiger partial charge in [0, 0.05) is 13.7 Å². The standard InChI is InChI=1S/C25H31F7O2/c1-33-15-18-6-11-20(12-7-18)19-9-4-16(5-10-19)2-3-17-8-13-22(21(26)14-17)34-25(31,32)23(27)24(28,29)30/h2-3,8,13-14,16,18-20,23H,4-7,9-12,15H2,1H3/b3-2+. The molecule has 2 nitrogen and oxygen atoms in total. The molecule has 2 saturated carbocycles. The van der Waals surface area contributed by atoms with Gasteiger partial charge in [0.15, 0.2) is 11.6 Å². The van der Waals surface area contributed by atoms with E-state index in [-0.39, 0.29) is 0 Å². The van der Waals surface area contributed by atoms with Gasteiger partial charge in [-0.1, -0.05) is 18.2 Å². The third-order valence-corrected chi connectivity index (χ3v) is 7.12. The lowest BCUT2D eigenvalue weighted by Crippen LogP contribution is -2.45. The molecule has 0 amide bonds. The molecule has 1 atom stereocenters. The molecule has 1 aromatic rings. The van der Waals surface area contributed by atoms with E-state index in [2.05, 4.69) is 4.74 Å². The summed E-state index contributed by atoms with van der Waals surface area (Å²) in [5, 5.41) is 0. The third kappa shape index (κ3) is 7.12. The number of hydrogen-bond donors (Lipinski definition) is 0. The van der Waals surface area contributed by atoms with E-state index in [0.717, 1.165) is 56.3 Å². The topological polar surface area (TPSA) is 18.5 Å². The molecule has 34 heavy (non-hydrogen) atoms.